The summed E-state index contributed by atoms with van der Waals surface area (Å²) in [5, 5.41) is 2.31. The highest BCUT2D eigenvalue weighted by Crippen LogP contribution is 2.57. The standard InChI is InChI=1S/C71H48N2/c1-70(52-25-8-3-9-26-52)63-35-18-16-33-58(63)60-39-37-49(44-65(60)70)48-23-20-24-50(43-48)55-41-42-62(57-32-15-14-31-56(55)57)68-46-67(72-69(73-68)47-21-6-2-7-22-47)51-38-40-61-59-34-17-19-36-64(59)71(66(61)45-51,53-27-10-4-11-28-53)54-29-12-5-13-30-54/h2-46H,1H3. The van der Waals surface area contributed by atoms with Gasteiger partial charge in [-0.2, -0.15) is 0 Å². The van der Waals surface area contributed by atoms with Crippen molar-refractivity contribution < 1.29 is 0 Å². The van der Waals surface area contributed by atoms with E-state index in [1.165, 1.54) is 88.8 Å². The fraction of sp³-hybridized carbons (Fsp3) is 0.0423. The Bertz CT molecular complexity index is 4050. The average Bonchev–Trinajstić information content (AvgIpc) is 3.98. The van der Waals surface area contributed by atoms with Gasteiger partial charge in [0.2, 0.25) is 0 Å². The lowest BCUT2D eigenvalue weighted by atomic mass is 9.67. The Morgan fingerprint density at radius 1 is 0.260 bits per heavy atom. The zero-order valence-corrected chi connectivity index (χ0v) is 40.4. The average molecular weight is 929 g/mol. The van der Waals surface area contributed by atoms with Crippen LogP contribution in [0.3, 0.4) is 0 Å². The number of aromatic nitrogens is 2. The quantitative estimate of drug-likeness (QED) is 0.152. The smallest absolute Gasteiger partial charge is 0.160 e. The van der Waals surface area contributed by atoms with Crippen LogP contribution < -0.4 is 0 Å². The normalized spacial score (nSPS) is 14.8. The zero-order chi connectivity index (χ0) is 48.5. The van der Waals surface area contributed by atoms with Gasteiger partial charge in [0, 0.05) is 22.1 Å². The van der Waals surface area contributed by atoms with Crippen molar-refractivity contribution >= 4 is 10.8 Å². The molecule has 11 aromatic carbocycles. The summed E-state index contributed by atoms with van der Waals surface area (Å²) >= 11 is 0. The van der Waals surface area contributed by atoms with E-state index in [2.05, 4.69) is 274 Å². The van der Waals surface area contributed by atoms with Crippen LogP contribution in [0.5, 0.6) is 0 Å². The number of fused-ring (bicyclic) bond motifs is 7. The Morgan fingerprint density at radius 3 is 1.41 bits per heavy atom. The molecule has 1 atom stereocenters. The summed E-state index contributed by atoms with van der Waals surface area (Å²) in [7, 11) is 0. The second kappa shape index (κ2) is 17.0. The van der Waals surface area contributed by atoms with Gasteiger partial charge >= 0.3 is 0 Å². The van der Waals surface area contributed by atoms with Gasteiger partial charge in [0.25, 0.3) is 0 Å². The van der Waals surface area contributed by atoms with Gasteiger partial charge in [-0.05, 0) is 125 Å². The Kier molecular flexibility index (Phi) is 9.91. The van der Waals surface area contributed by atoms with Gasteiger partial charge in [-0.15, -0.1) is 0 Å². The molecule has 0 radical (unpaired) electrons. The maximum absolute atomic E-state index is 5.40. The van der Waals surface area contributed by atoms with Crippen LogP contribution >= 0.6 is 0 Å². The van der Waals surface area contributed by atoms with Gasteiger partial charge in [0.1, 0.15) is 0 Å². The third-order valence-electron chi connectivity index (χ3n) is 15.9. The molecule has 1 aromatic heterocycles. The highest BCUT2D eigenvalue weighted by molar-refractivity contribution is 6.05. The summed E-state index contributed by atoms with van der Waals surface area (Å²) in [6.07, 6.45) is 0. The molecule has 0 saturated heterocycles. The van der Waals surface area contributed by atoms with Crippen LogP contribution in [0.15, 0.2) is 273 Å². The topological polar surface area (TPSA) is 25.8 Å². The Balaban J connectivity index is 0.901. The molecule has 1 heterocycles. The summed E-state index contributed by atoms with van der Waals surface area (Å²) < 4.78 is 0. The fourth-order valence-electron chi connectivity index (χ4n) is 12.4. The molecule has 342 valence electrons. The van der Waals surface area contributed by atoms with Gasteiger partial charge in [0.15, 0.2) is 5.82 Å². The predicted molar refractivity (Wildman–Crippen MR) is 301 cm³/mol. The lowest BCUT2D eigenvalue weighted by Crippen LogP contribution is -2.28. The first-order chi connectivity index (χ1) is 36.1. The molecule has 0 saturated carbocycles. The lowest BCUT2D eigenvalue weighted by Gasteiger charge is -2.34. The van der Waals surface area contributed by atoms with Crippen molar-refractivity contribution in [2.45, 2.75) is 17.8 Å². The molecule has 2 heteroatoms. The highest BCUT2D eigenvalue weighted by Gasteiger charge is 2.46. The molecule has 0 aliphatic heterocycles. The van der Waals surface area contributed by atoms with Crippen molar-refractivity contribution in [2.75, 3.05) is 0 Å². The third-order valence-corrected chi connectivity index (χ3v) is 15.9. The van der Waals surface area contributed by atoms with Crippen molar-refractivity contribution in [2.24, 2.45) is 0 Å². The van der Waals surface area contributed by atoms with E-state index in [-0.39, 0.29) is 5.41 Å². The fourth-order valence-corrected chi connectivity index (χ4v) is 12.4. The largest absolute Gasteiger partial charge is 0.228 e. The van der Waals surface area contributed by atoms with Gasteiger partial charge in [0.05, 0.1) is 16.8 Å². The van der Waals surface area contributed by atoms with Crippen LogP contribution in [0.4, 0.5) is 0 Å². The van der Waals surface area contributed by atoms with E-state index >= 15 is 0 Å². The number of hydrogen-bond acceptors (Lipinski definition) is 2. The molecule has 0 amide bonds. The van der Waals surface area contributed by atoms with E-state index in [1.807, 2.05) is 6.07 Å². The third kappa shape index (κ3) is 6.64. The summed E-state index contributed by atoms with van der Waals surface area (Å²) in [6.45, 7) is 2.39. The predicted octanol–water partition coefficient (Wildman–Crippen LogP) is 17.7. The molecule has 1 unspecified atom stereocenters. The van der Waals surface area contributed by atoms with E-state index in [4.69, 9.17) is 9.97 Å². The number of hydrogen-bond donors (Lipinski definition) is 0. The number of rotatable bonds is 8. The van der Waals surface area contributed by atoms with E-state index in [9.17, 15) is 0 Å². The van der Waals surface area contributed by atoms with Crippen LogP contribution in [-0.2, 0) is 10.8 Å². The van der Waals surface area contributed by atoms with Crippen molar-refractivity contribution in [1.29, 1.82) is 0 Å². The molecule has 0 spiro atoms. The van der Waals surface area contributed by atoms with Crippen LogP contribution in [0.25, 0.3) is 89.2 Å². The minimum Gasteiger partial charge on any atom is -0.228 e. The molecule has 0 N–H and O–H groups in total. The maximum atomic E-state index is 5.40. The van der Waals surface area contributed by atoms with Crippen molar-refractivity contribution in [3.63, 3.8) is 0 Å². The molecule has 73 heavy (non-hydrogen) atoms. The van der Waals surface area contributed by atoms with Gasteiger partial charge in [-0.1, -0.05) is 249 Å². The molecule has 0 bridgehead atoms. The second-order valence-corrected chi connectivity index (χ2v) is 19.7. The first kappa shape index (κ1) is 42.6. The molecule has 14 rings (SSSR count). The monoisotopic (exact) mass is 928 g/mol. The second-order valence-electron chi connectivity index (χ2n) is 19.7. The van der Waals surface area contributed by atoms with Crippen LogP contribution in [0, 0.1) is 0 Å². The number of nitrogens with zero attached hydrogens (tertiary/aromatic N) is 2. The van der Waals surface area contributed by atoms with Gasteiger partial charge < -0.3 is 0 Å². The zero-order valence-electron chi connectivity index (χ0n) is 40.4. The molecule has 2 nitrogen and oxygen atoms in total. The molecular weight excluding hydrogens is 881 g/mol. The van der Waals surface area contributed by atoms with E-state index in [0.717, 1.165) is 33.5 Å². The molecule has 2 aliphatic rings. The van der Waals surface area contributed by atoms with Gasteiger partial charge in [-0.3, -0.25) is 0 Å². The Hall–Kier alpha value is -9.24. The first-order valence-corrected chi connectivity index (χ1v) is 25.3. The first-order valence-electron chi connectivity index (χ1n) is 25.3. The minimum atomic E-state index is -0.527. The molecule has 12 aromatic rings. The maximum Gasteiger partial charge on any atom is 0.160 e. The van der Waals surface area contributed by atoms with E-state index in [0.29, 0.717) is 5.82 Å². The van der Waals surface area contributed by atoms with Crippen LogP contribution in [0.1, 0.15) is 45.9 Å². The Labute approximate surface area is 426 Å². The molecule has 2 aliphatic carbocycles. The minimum absolute atomic E-state index is 0.268. The van der Waals surface area contributed by atoms with E-state index in [1.54, 1.807) is 0 Å². The Morgan fingerprint density at radius 2 is 0.712 bits per heavy atom. The summed E-state index contributed by atoms with van der Waals surface area (Å²) in [5.74, 6) is 0.691. The summed E-state index contributed by atoms with van der Waals surface area (Å²) in [4.78, 5) is 10.8. The SMILES string of the molecule is CC1(c2ccccc2)c2ccccc2-c2ccc(-c3cccc(-c4ccc(-c5cc(-c6ccc7c(c6)C(c6ccccc6)(c6ccccc6)c6ccccc6-7)nc(-c6ccccc6)n5)c5ccccc45)c3)cc21. The molecular formula is C71H48N2. The van der Waals surface area contributed by atoms with Crippen LogP contribution in [0.2, 0.25) is 0 Å². The van der Waals surface area contributed by atoms with E-state index < -0.39 is 5.41 Å². The summed E-state index contributed by atoms with van der Waals surface area (Å²) in [5.41, 5.74) is 22.9. The van der Waals surface area contributed by atoms with Gasteiger partial charge in [-0.25, -0.2) is 9.97 Å². The van der Waals surface area contributed by atoms with Crippen molar-refractivity contribution in [1.82, 2.24) is 9.97 Å². The number of benzene rings is 11. The lowest BCUT2D eigenvalue weighted by molar-refractivity contribution is 0.714. The summed E-state index contributed by atoms with van der Waals surface area (Å²) in [6, 6.07) is 99.8. The van der Waals surface area contributed by atoms with Crippen molar-refractivity contribution in [3.8, 4) is 78.4 Å². The van der Waals surface area contributed by atoms with Crippen molar-refractivity contribution in [3.05, 3.63) is 312 Å². The van der Waals surface area contributed by atoms with Crippen LogP contribution in [-0.4, -0.2) is 9.97 Å². The molecule has 0 fully saturated rings. The highest BCUT2D eigenvalue weighted by atomic mass is 14.9.